The molecule has 1 aromatic carbocycles. The van der Waals surface area contributed by atoms with Gasteiger partial charge >= 0.3 is 0 Å². The van der Waals surface area contributed by atoms with Crippen molar-refractivity contribution in [3.8, 4) is 0 Å². The number of carbonyl (C=O) groups excluding carboxylic acids is 4. The fourth-order valence-electron chi connectivity index (χ4n) is 5.80. The Morgan fingerprint density at radius 3 is 2.40 bits per heavy atom. The highest BCUT2D eigenvalue weighted by Gasteiger charge is 2.34. The summed E-state index contributed by atoms with van der Waals surface area (Å²) in [6, 6.07) is 8.63. The van der Waals surface area contributed by atoms with Crippen molar-refractivity contribution < 1.29 is 19.2 Å². The standard InChI is InChI=1S/C32H41N7O4S2/c1-4-38-14-8-12-25(38)32(43)39-15-9-13-33-28(41)23-18-45-31(36-23)27(20(2)3)37-29(42)24-19-44-30(35-24)22(34-26(40)17-39)16-21-10-6-5-7-11-21/h5-7,10-11,18-20,22,25,27H,4,8-9,12-17H2,1-3H3,(H,33,41)(H,34,40)(H,37,42)/t22-,25-,27-/m0/s1. The number of fused-ring (bicyclic) bond motifs is 4. The molecule has 2 aliphatic heterocycles. The molecule has 0 spiro atoms. The minimum atomic E-state index is -0.495. The summed E-state index contributed by atoms with van der Waals surface area (Å²) in [5.74, 6) is -1.03. The van der Waals surface area contributed by atoms with E-state index in [4.69, 9.17) is 0 Å². The molecule has 2 aliphatic rings. The van der Waals surface area contributed by atoms with E-state index in [1.165, 1.54) is 22.7 Å². The predicted molar refractivity (Wildman–Crippen MR) is 174 cm³/mol. The van der Waals surface area contributed by atoms with Gasteiger partial charge in [0, 0.05) is 23.8 Å². The smallest absolute Gasteiger partial charge is 0.271 e. The first-order chi connectivity index (χ1) is 21.7. The third kappa shape index (κ3) is 8.13. The molecule has 4 heterocycles. The van der Waals surface area contributed by atoms with E-state index in [9.17, 15) is 19.2 Å². The number of likely N-dealkylation sites (tertiary alicyclic amines) is 1. The maximum atomic E-state index is 13.8. The third-order valence-corrected chi connectivity index (χ3v) is 10.1. The van der Waals surface area contributed by atoms with Crippen LogP contribution in [0.25, 0.3) is 0 Å². The Kier molecular flexibility index (Phi) is 11.0. The molecule has 4 amide bonds. The number of benzene rings is 1. The SMILES string of the molecule is CCN1CCC[C@H]1C(=O)N1CCCNC(=O)c2csc(n2)[C@H](C(C)C)NC(=O)c2csc(n2)[C@H](Cc2ccccc2)NC(=O)C1. The van der Waals surface area contributed by atoms with E-state index in [0.29, 0.717) is 35.9 Å². The van der Waals surface area contributed by atoms with Gasteiger partial charge in [0.05, 0.1) is 24.7 Å². The van der Waals surface area contributed by atoms with Gasteiger partial charge in [-0.1, -0.05) is 51.1 Å². The summed E-state index contributed by atoms with van der Waals surface area (Å²) in [5.41, 5.74) is 1.54. The summed E-state index contributed by atoms with van der Waals surface area (Å²) < 4.78 is 0. The average molecular weight is 652 g/mol. The van der Waals surface area contributed by atoms with E-state index in [1.807, 2.05) is 51.1 Å². The average Bonchev–Trinajstić information content (AvgIpc) is 3.81. The van der Waals surface area contributed by atoms with Crippen LogP contribution in [0.15, 0.2) is 41.1 Å². The van der Waals surface area contributed by atoms with Gasteiger partial charge in [0.1, 0.15) is 21.4 Å². The van der Waals surface area contributed by atoms with Crippen LogP contribution in [0.1, 0.15) is 88.7 Å². The highest BCUT2D eigenvalue weighted by Crippen LogP contribution is 2.27. The van der Waals surface area contributed by atoms with Crippen molar-refractivity contribution in [1.29, 1.82) is 0 Å². The first kappa shape index (κ1) is 32.7. The lowest BCUT2D eigenvalue weighted by Crippen LogP contribution is -2.50. The van der Waals surface area contributed by atoms with Crippen LogP contribution < -0.4 is 16.0 Å². The van der Waals surface area contributed by atoms with Crippen LogP contribution in [0.4, 0.5) is 0 Å². The maximum absolute atomic E-state index is 13.8. The van der Waals surface area contributed by atoms with Crippen LogP contribution in [0.5, 0.6) is 0 Å². The monoisotopic (exact) mass is 651 g/mol. The van der Waals surface area contributed by atoms with Crippen LogP contribution in [-0.4, -0.2) is 82.2 Å². The largest absolute Gasteiger partial charge is 0.351 e. The topological polar surface area (TPSA) is 137 Å². The van der Waals surface area contributed by atoms with E-state index in [2.05, 4.69) is 30.8 Å². The van der Waals surface area contributed by atoms with Crippen LogP contribution >= 0.6 is 22.7 Å². The number of rotatable bonds is 5. The summed E-state index contributed by atoms with van der Waals surface area (Å²) in [6.45, 7) is 8.16. The lowest BCUT2D eigenvalue weighted by Gasteiger charge is -2.30. The zero-order chi connectivity index (χ0) is 31.9. The maximum Gasteiger partial charge on any atom is 0.271 e. The number of nitrogens with one attached hydrogen (secondary N) is 3. The molecule has 1 fully saturated rings. The normalized spacial score (nSPS) is 22.3. The fourth-order valence-corrected chi connectivity index (χ4v) is 7.67. The lowest BCUT2D eigenvalue weighted by atomic mass is 10.0. The van der Waals surface area contributed by atoms with Crippen molar-refractivity contribution in [3.63, 3.8) is 0 Å². The van der Waals surface area contributed by atoms with Gasteiger partial charge in [-0.25, -0.2) is 9.97 Å². The molecule has 13 heteroatoms. The van der Waals surface area contributed by atoms with Gasteiger partial charge in [-0.2, -0.15) is 0 Å². The number of hydrogen-bond acceptors (Lipinski definition) is 9. The summed E-state index contributed by atoms with van der Waals surface area (Å²) in [4.78, 5) is 66.7. The highest BCUT2D eigenvalue weighted by atomic mass is 32.1. The van der Waals surface area contributed by atoms with Gasteiger partial charge in [-0.3, -0.25) is 24.1 Å². The summed E-state index contributed by atoms with van der Waals surface area (Å²) in [6.07, 6.45) is 2.65. The number of likely N-dealkylation sites (N-methyl/N-ethyl adjacent to an activating group) is 1. The molecule has 3 aromatic rings. The molecule has 0 aliphatic carbocycles. The van der Waals surface area contributed by atoms with E-state index >= 15 is 0 Å². The van der Waals surface area contributed by atoms with E-state index in [-0.39, 0.29) is 53.5 Å². The van der Waals surface area contributed by atoms with Crippen molar-refractivity contribution in [1.82, 2.24) is 35.7 Å². The van der Waals surface area contributed by atoms with Crippen LogP contribution in [0.3, 0.4) is 0 Å². The Bertz CT molecular complexity index is 1490. The fraction of sp³-hybridized carbons (Fsp3) is 0.500. The number of aromatic nitrogens is 2. The molecule has 3 atom stereocenters. The van der Waals surface area contributed by atoms with E-state index < -0.39 is 12.1 Å². The molecule has 240 valence electrons. The lowest BCUT2D eigenvalue weighted by molar-refractivity contribution is -0.140. The Morgan fingerprint density at radius 2 is 1.67 bits per heavy atom. The second-order valence-corrected chi connectivity index (χ2v) is 13.6. The number of carbonyl (C=O) groups is 4. The van der Waals surface area contributed by atoms with Gasteiger partial charge in [0.2, 0.25) is 11.8 Å². The third-order valence-electron chi connectivity index (χ3n) is 8.24. The molecule has 0 unspecified atom stereocenters. The molecule has 0 saturated carbocycles. The Hall–Kier alpha value is -3.68. The van der Waals surface area contributed by atoms with Crippen LogP contribution in [0.2, 0.25) is 0 Å². The number of nitrogens with zero attached hydrogens (tertiary/aromatic N) is 4. The molecule has 11 nitrogen and oxygen atoms in total. The molecule has 3 N–H and O–H groups in total. The summed E-state index contributed by atoms with van der Waals surface area (Å²) in [5, 5.41) is 13.7. The van der Waals surface area contributed by atoms with Crippen molar-refractivity contribution in [2.24, 2.45) is 5.92 Å². The van der Waals surface area contributed by atoms with Gasteiger partial charge < -0.3 is 20.9 Å². The first-order valence-electron chi connectivity index (χ1n) is 15.6. The van der Waals surface area contributed by atoms with Crippen molar-refractivity contribution in [2.75, 3.05) is 32.7 Å². The molecule has 0 radical (unpaired) electrons. The summed E-state index contributed by atoms with van der Waals surface area (Å²) in [7, 11) is 0. The summed E-state index contributed by atoms with van der Waals surface area (Å²) >= 11 is 2.65. The molecule has 2 aromatic heterocycles. The Balaban J connectivity index is 1.45. The zero-order valence-corrected chi connectivity index (χ0v) is 27.6. The molecule has 5 rings (SSSR count). The van der Waals surface area contributed by atoms with Gasteiger partial charge in [-0.15, -0.1) is 22.7 Å². The molecule has 45 heavy (non-hydrogen) atoms. The highest BCUT2D eigenvalue weighted by molar-refractivity contribution is 7.10. The van der Waals surface area contributed by atoms with Crippen LogP contribution in [0, 0.1) is 5.92 Å². The molecular weight excluding hydrogens is 611 g/mol. The Labute approximate surface area is 271 Å². The van der Waals surface area contributed by atoms with Gasteiger partial charge in [0.15, 0.2) is 0 Å². The minimum Gasteiger partial charge on any atom is -0.351 e. The number of thiazole rings is 2. The molecule has 1 saturated heterocycles. The minimum absolute atomic E-state index is 0.0142. The van der Waals surface area contributed by atoms with E-state index in [1.54, 1.807) is 15.7 Å². The van der Waals surface area contributed by atoms with Crippen molar-refractivity contribution >= 4 is 46.3 Å². The molecule has 4 bridgehead atoms. The van der Waals surface area contributed by atoms with Gasteiger partial charge in [-0.05, 0) is 50.3 Å². The first-order valence-corrected chi connectivity index (χ1v) is 17.4. The Morgan fingerprint density at radius 1 is 0.956 bits per heavy atom. The van der Waals surface area contributed by atoms with E-state index in [0.717, 1.165) is 31.5 Å². The van der Waals surface area contributed by atoms with Crippen LogP contribution in [-0.2, 0) is 16.0 Å². The predicted octanol–water partition coefficient (Wildman–Crippen LogP) is 3.57. The number of hydrogen-bond donors (Lipinski definition) is 3. The molecular formula is C32H41N7O4S2. The van der Waals surface area contributed by atoms with Gasteiger partial charge in [0.25, 0.3) is 11.8 Å². The quantitative estimate of drug-likeness (QED) is 0.384. The second kappa shape index (κ2) is 15.1. The van der Waals surface area contributed by atoms with Crippen molar-refractivity contribution in [3.05, 3.63) is 68.1 Å². The van der Waals surface area contributed by atoms with Crippen molar-refractivity contribution in [2.45, 2.75) is 64.6 Å². The number of amides is 4. The zero-order valence-electron chi connectivity index (χ0n) is 26.0. The second-order valence-electron chi connectivity index (χ2n) is 11.8.